The minimum atomic E-state index is -0.397. The van der Waals surface area contributed by atoms with E-state index < -0.39 is 5.82 Å². The van der Waals surface area contributed by atoms with E-state index in [0.29, 0.717) is 50.4 Å². The van der Waals surface area contributed by atoms with Crippen LogP contribution >= 0.6 is 0 Å². The lowest BCUT2D eigenvalue weighted by atomic mass is 10.1. The maximum Gasteiger partial charge on any atom is 0.254 e. The molecule has 168 valence electrons. The van der Waals surface area contributed by atoms with Crippen LogP contribution in [0, 0.1) is 25.6 Å². The van der Waals surface area contributed by atoms with Crippen LogP contribution in [0.5, 0.6) is 0 Å². The number of hydrogen-bond donors (Lipinski definition) is 0. The second-order valence-electron chi connectivity index (χ2n) is 8.74. The van der Waals surface area contributed by atoms with Crippen LogP contribution in [0.25, 0.3) is 0 Å². The summed E-state index contributed by atoms with van der Waals surface area (Å²) in [7, 11) is 0. The molecule has 0 N–H and O–H groups in total. The molecule has 1 unspecified atom stereocenters. The van der Waals surface area contributed by atoms with Gasteiger partial charge in [-0.15, -0.1) is 0 Å². The molecule has 3 amide bonds. The normalized spacial score (nSPS) is 18.9. The highest BCUT2D eigenvalue weighted by Gasteiger charge is 2.37. The molecule has 0 radical (unpaired) electrons. The van der Waals surface area contributed by atoms with Gasteiger partial charge in [-0.3, -0.25) is 14.4 Å². The molecule has 0 bridgehead atoms. The number of rotatable bonds is 4. The zero-order valence-corrected chi connectivity index (χ0v) is 18.5. The molecule has 7 heteroatoms. The molecule has 0 saturated carbocycles. The maximum atomic E-state index is 13.8. The molecule has 1 atom stereocenters. The van der Waals surface area contributed by atoms with E-state index in [4.69, 9.17) is 0 Å². The van der Waals surface area contributed by atoms with E-state index in [2.05, 4.69) is 0 Å². The molecule has 2 heterocycles. The molecular weight excluding hydrogens is 409 g/mol. The second kappa shape index (κ2) is 9.10. The summed E-state index contributed by atoms with van der Waals surface area (Å²) in [5, 5.41) is 0. The Bertz CT molecular complexity index is 1030. The Morgan fingerprint density at radius 3 is 2.28 bits per heavy atom. The Kier molecular flexibility index (Phi) is 6.26. The summed E-state index contributed by atoms with van der Waals surface area (Å²) in [5.41, 5.74) is 3.04. The van der Waals surface area contributed by atoms with Crippen LogP contribution in [0.2, 0.25) is 0 Å². The zero-order valence-electron chi connectivity index (χ0n) is 18.5. The molecule has 2 aromatic carbocycles. The van der Waals surface area contributed by atoms with E-state index in [0.717, 1.165) is 5.56 Å². The topological polar surface area (TPSA) is 60.9 Å². The van der Waals surface area contributed by atoms with Gasteiger partial charge in [0.05, 0.1) is 5.92 Å². The average molecular weight is 438 g/mol. The standard InChI is InChI=1S/C25H28FN3O3/c1-17-3-6-19(7-4-17)15-29-16-21(14-23(29)30)25(32)28-11-9-27(10-12-28)24(31)20-8-5-18(2)22(26)13-20/h3-8,13,21H,9-12,14-16H2,1-2H3. The minimum Gasteiger partial charge on any atom is -0.339 e. The van der Waals surface area contributed by atoms with Gasteiger partial charge in [-0.25, -0.2) is 4.39 Å². The van der Waals surface area contributed by atoms with Gasteiger partial charge in [0, 0.05) is 51.3 Å². The monoisotopic (exact) mass is 437 g/mol. The van der Waals surface area contributed by atoms with Crippen LogP contribution < -0.4 is 0 Å². The average Bonchev–Trinajstić information content (AvgIpc) is 3.16. The fourth-order valence-electron chi connectivity index (χ4n) is 4.30. The second-order valence-corrected chi connectivity index (χ2v) is 8.74. The van der Waals surface area contributed by atoms with E-state index in [1.54, 1.807) is 33.8 Å². The number of nitrogens with zero attached hydrogens (tertiary/aromatic N) is 3. The number of amides is 3. The van der Waals surface area contributed by atoms with Gasteiger partial charge in [-0.2, -0.15) is 0 Å². The molecule has 2 aromatic rings. The van der Waals surface area contributed by atoms with E-state index in [9.17, 15) is 18.8 Å². The van der Waals surface area contributed by atoms with Crippen molar-refractivity contribution in [1.29, 1.82) is 0 Å². The molecule has 6 nitrogen and oxygen atoms in total. The molecule has 2 aliphatic rings. The van der Waals surface area contributed by atoms with Crippen molar-refractivity contribution in [2.45, 2.75) is 26.8 Å². The predicted octanol–water partition coefficient (Wildman–Crippen LogP) is 2.78. The quantitative estimate of drug-likeness (QED) is 0.739. The van der Waals surface area contributed by atoms with Crippen molar-refractivity contribution in [2.24, 2.45) is 5.92 Å². The molecule has 0 aliphatic carbocycles. The first-order valence-electron chi connectivity index (χ1n) is 11.0. The largest absolute Gasteiger partial charge is 0.339 e. The van der Waals surface area contributed by atoms with E-state index in [-0.39, 0.29) is 30.1 Å². The summed E-state index contributed by atoms with van der Waals surface area (Å²) in [5.74, 6) is -0.999. The number of carbonyl (C=O) groups is 3. The van der Waals surface area contributed by atoms with Crippen molar-refractivity contribution in [2.75, 3.05) is 32.7 Å². The lowest BCUT2D eigenvalue weighted by molar-refractivity contribution is -0.137. The number of hydrogen-bond acceptors (Lipinski definition) is 3. The van der Waals surface area contributed by atoms with Gasteiger partial charge in [0.2, 0.25) is 11.8 Å². The number of aryl methyl sites for hydroxylation is 2. The van der Waals surface area contributed by atoms with Crippen LogP contribution in [0.4, 0.5) is 4.39 Å². The van der Waals surface area contributed by atoms with E-state index >= 15 is 0 Å². The highest BCUT2D eigenvalue weighted by Crippen LogP contribution is 2.23. The van der Waals surface area contributed by atoms with Gasteiger partial charge >= 0.3 is 0 Å². The summed E-state index contributed by atoms with van der Waals surface area (Å²) in [6.07, 6.45) is 0.229. The third kappa shape index (κ3) is 4.66. The Labute approximate surface area is 187 Å². The van der Waals surface area contributed by atoms with Crippen LogP contribution in [0.1, 0.15) is 33.5 Å². The number of benzene rings is 2. The SMILES string of the molecule is Cc1ccc(CN2CC(C(=O)N3CCN(C(=O)c4ccc(C)c(F)c4)CC3)CC2=O)cc1. The van der Waals surface area contributed by atoms with E-state index in [1.165, 1.54) is 11.6 Å². The molecule has 0 aromatic heterocycles. The first kappa shape index (κ1) is 22.0. The van der Waals surface area contributed by atoms with Crippen molar-refractivity contribution in [1.82, 2.24) is 14.7 Å². The van der Waals surface area contributed by atoms with Gasteiger partial charge in [-0.1, -0.05) is 35.9 Å². The highest BCUT2D eigenvalue weighted by atomic mass is 19.1. The van der Waals surface area contributed by atoms with Gasteiger partial charge in [0.15, 0.2) is 0 Å². The van der Waals surface area contributed by atoms with Crippen molar-refractivity contribution < 1.29 is 18.8 Å². The molecule has 2 aliphatic heterocycles. The fraction of sp³-hybridized carbons (Fsp3) is 0.400. The molecular formula is C25H28FN3O3. The van der Waals surface area contributed by atoms with Gasteiger partial charge in [0.25, 0.3) is 5.91 Å². The van der Waals surface area contributed by atoms with Crippen LogP contribution in [0.3, 0.4) is 0 Å². The smallest absolute Gasteiger partial charge is 0.254 e. The maximum absolute atomic E-state index is 13.8. The molecule has 2 saturated heterocycles. The van der Waals surface area contributed by atoms with Crippen molar-refractivity contribution >= 4 is 17.7 Å². The Hall–Kier alpha value is -3.22. The molecule has 0 spiro atoms. The number of piperazine rings is 1. The predicted molar refractivity (Wildman–Crippen MR) is 118 cm³/mol. The van der Waals surface area contributed by atoms with Gasteiger partial charge in [-0.05, 0) is 37.1 Å². The van der Waals surface area contributed by atoms with Crippen LogP contribution in [-0.2, 0) is 16.1 Å². The Morgan fingerprint density at radius 2 is 1.62 bits per heavy atom. The van der Waals surface area contributed by atoms with Crippen molar-refractivity contribution in [3.63, 3.8) is 0 Å². The Morgan fingerprint density at radius 1 is 0.969 bits per heavy atom. The van der Waals surface area contributed by atoms with E-state index in [1.807, 2.05) is 31.2 Å². The van der Waals surface area contributed by atoms with Gasteiger partial charge in [0.1, 0.15) is 5.82 Å². The molecule has 32 heavy (non-hydrogen) atoms. The summed E-state index contributed by atoms with van der Waals surface area (Å²) in [6, 6.07) is 12.5. The summed E-state index contributed by atoms with van der Waals surface area (Å²) >= 11 is 0. The number of likely N-dealkylation sites (tertiary alicyclic amines) is 1. The minimum absolute atomic E-state index is 0.000800. The lowest BCUT2D eigenvalue weighted by Gasteiger charge is -2.36. The van der Waals surface area contributed by atoms with Crippen LogP contribution in [0.15, 0.2) is 42.5 Å². The van der Waals surface area contributed by atoms with Gasteiger partial charge < -0.3 is 14.7 Å². The summed E-state index contributed by atoms with van der Waals surface area (Å²) in [6.45, 7) is 6.24. The first-order chi connectivity index (χ1) is 15.3. The molecule has 2 fully saturated rings. The third-order valence-corrected chi connectivity index (χ3v) is 6.36. The number of halogens is 1. The number of carbonyl (C=O) groups excluding carboxylic acids is 3. The van der Waals surface area contributed by atoms with Crippen molar-refractivity contribution in [3.05, 3.63) is 70.5 Å². The first-order valence-corrected chi connectivity index (χ1v) is 11.0. The Balaban J connectivity index is 1.31. The molecule has 4 rings (SSSR count). The van der Waals surface area contributed by atoms with Crippen LogP contribution in [-0.4, -0.2) is 65.1 Å². The van der Waals surface area contributed by atoms with Crippen molar-refractivity contribution in [3.8, 4) is 0 Å². The summed E-state index contributed by atoms with van der Waals surface area (Å²) in [4.78, 5) is 43.3. The fourth-order valence-corrected chi connectivity index (χ4v) is 4.30. The summed E-state index contributed by atoms with van der Waals surface area (Å²) < 4.78 is 13.8. The zero-order chi connectivity index (χ0) is 22.8. The highest BCUT2D eigenvalue weighted by molar-refractivity contribution is 5.94. The lowest BCUT2D eigenvalue weighted by Crippen LogP contribution is -2.52. The third-order valence-electron chi connectivity index (χ3n) is 6.36.